The van der Waals surface area contributed by atoms with E-state index in [1.165, 1.54) is 0 Å². The van der Waals surface area contributed by atoms with Gasteiger partial charge in [-0.3, -0.25) is 0 Å². The molecule has 1 heterocycles. The van der Waals surface area contributed by atoms with E-state index in [9.17, 15) is 0 Å². The maximum atomic E-state index is 8.65. The van der Waals surface area contributed by atoms with Gasteiger partial charge in [-0.2, -0.15) is 5.26 Å². The number of hydrogen-bond donors (Lipinski definition) is 1. The lowest BCUT2D eigenvalue weighted by Crippen LogP contribution is -2.49. The second kappa shape index (κ2) is 3.21. The maximum Gasteiger partial charge on any atom is 0.0824 e. The van der Waals surface area contributed by atoms with Crippen LogP contribution in [0.4, 0.5) is 0 Å². The van der Waals surface area contributed by atoms with Crippen molar-refractivity contribution in [3.63, 3.8) is 0 Å². The Labute approximate surface area is 67.3 Å². The first kappa shape index (κ1) is 8.51. The monoisotopic (exact) mass is 154 g/mol. The van der Waals surface area contributed by atoms with Crippen LogP contribution in [-0.4, -0.2) is 25.8 Å². The van der Waals surface area contributed by atoms with Gasteiger partial charge in [0.05, 0.1) is 24.2 Å². The lowest BCUT2D eigenvalue weighted by molar-refractivity contribution is -0.00859. The van der Waals surface area contributed by atoms with Gasteiger partial charge in [-0.05, 0) is 13.8 Å². The molecule has 1 rings (SSSR count). The van der Waals surface area contributed by atoms with E-state index in [0.29, 0.717) is 12.7 Å². The van der Waals surface area contributed by atoms with Gasteiger partial charge >= 0.3 is 0 Å². The van der Waals surface area contributed by atoms with E-state index < -0.39 is 0 Å². The molecule has 3 heteroatoms. The van der Waals surface area contributed by atoms with Gasteiger partial charge in [0.2, 0.25) is 0 Å². The SMILES string of the molecule is CC(C)(C#N)COC1CNC1. The van der Waals surface area contributed by atoms with Crippen LogP contribution in [0.15, 0.2) is 0 Å². The minimum Gasteiger partial charge on any atom is -0.374 e. The Kier molecular flexibility index (Phi) is 2.48. The molecule has 1 N–H and O–H groups in total. The Bertz CT molecular complexity index is 167. The van der Waals surface area contributed by atoms with Crippen molar-refractivity contribution in [1.29, 1.82) is 5.26 Å². The molecule has 0 aromatic heterocycles. The van der Waals surface area contributed by atoms with Crippen LogP contribution in [0, 0.1) is 16.7 Å². The first-order valence-corrected chi connectivity index (χ1v) is 3.88. The van der Waals surface area contributed by atoms with Crippen LogP contribution in [0.2, 0.25) is 0 Å². The highest BCUT2D eigenvalue weighted by Crippen LogP contribution is 2.14. The molecule has 1 fully saturated rings. The first-order chi connectivity index (χ1) is 5.14. The highest BCUT2D eigenvalue weighted by Gasteiger charge is 2.22. The predicted octanol–water partition coefficient (Wildman–Crippen LogP) is 0.525. The minimum absolute atomic E-state index is 0.336. The zero-order chi connectivity index (χ0) is 8.32. The summed E-state index contributed by atoms with van der Waals surface area (Å²) < 4.78 is 5.45. The predicted molar refractivity (Wildman–Crippen MR) is 42.0 cm³/mol. The molecule has 0 aliphatic carbocycles. The van der Waals surface area contributed by atoms with Crippen LogP contribution in [0.1, 0.15) is 13.8 Å². The maximum absolute atomic E-state index is 8.65. The van der Waals surface area contributed by atoms with Gasteiger partial charge in [-0.1, -0.05) is 0 Å². The lowest BCUT2D eigenvalue weighted by atomic mass is 9.97. The third-order valence-corrected chi connectivity index (χ3v) is 1.73. The summed E-state index contributed by atoms with van der Waals surface area (Å²) in [5.74, 6) is 0. The smallest absolute Gasteiger partial charge is 0.0824 e. The Morgan fingerprint density at radius 2 is 2.27 bits per heavy atom. The van der Waals surface area contributed by atoms with Crippen molar-refractivity contribution < 1.29 is 4.74 Å². The second-order valence-electron chi connectivity index (χ2n) is 3.59. The number of nitrogens with one attached hydrogen (secondary N) is 1. The Morgan fingerprint density at radius 1 is 1.64 bits per heavy atom. The molecule has 0 aromatic carbocycles. The fourth-order valence-electron chi connectivity index (χ4n) is 0.738. The third kappa shape index (κ3) is 2.49. The van der Waals surface area contributed by atoms with Crippen molar-refractivity contribution in [3.8, 4) is 6.07 Å². The topological polar surface area (TPSA) is 45.0 Å². The summed E-state index contributed by atoms with van der Waals surface area (Å²) in [6, 6.07) is 2.20. The van der Waals surface area contributed by atoms with Gasteiger partial charge in [0.15, 0.2) is 0 Å². The van der Waals surface area contributed by atoms with Crippen molar-refractivity contribution in [2.75, 3.05) is 19.7 Å². The summed E-state index contributed by atoms with van der Waals surface area (Å²) in [5.41, 5.74) is -0.338. The number of ether oxygens (including phenoxy) is 1. The quantitative estimate of drug-likeness (QED) is 0.644. The van der Waals surface area contributed by atoms with Crippen LogP contribution < -0.4 is 5.32 Å². The van der Waals surface area contributed by atoms with E-state index >= 15 is 0 Å². The standard InChI is InChI=1S/C8H14N2O/c1-8(2,5-9)6-11-7-3-10-4-7/h7,10H,3-4,6H2,1-2H3. The summed E-state index contributed by atoms with van der Waals surface area (Å²) in [6.07, 6.45) is 0.336. The van der Waals surface area contributed by atoms with Gasteiger partial charge in [0.25, 0.3) is 0 Å². The number of rotatable bonds is 3. The first-order valence-electron chi connectivity index (χ1n) is 3.88. The van der Waals surface area contributed by atoms with Gasteiger partial charge in [-0.15, -0.1) is 0 Å². The third-order valence-electron chi connectivity index (χ3n) is 1.73. The fourth-order valence-corrected chi connectivity index (χ4v) is 0.738. The average molecular weight is 154 g/mol. The molecular weight excluding hydrogens is 140 g/mol. The largest absolute Gasteiger partial charge is 0.374 e. The molecule has 0 aromatic rings. The van der Waals surface area contributed by atoms with Gasteiger partial charge in [0.1, 0.15) is 0 Å². The zero-order valence-corrected chi connectivity index (χ0v) is 7.05. The van der Waals surface area contributed by atoms with E-state index in [0.717, 1.165) is 13.1 Å². The van der Waals surface area contributed by atoms with Crippen molar-refractivity contribution in [2.24, 2.45) is 5.41 Å². The summed E-state index contributed by atoms with van der Waals surface area (Å²) in [6.45, 7) is 6.18. The Morgan fingerprint density at radius 3 is 2.64 bits per heavy atom. The molecule has 0 spiro atoms. The Balaban J connectivity index is 2.16. The molecule has 0 amide bonds. The van der Waals surface area contributed by atoms with Crippen LogP contribution in [0.5, 0.6) is 0 Å². The van der Waals surface area contributed by atoms with Gasteiger partial charge in [-0.25, -0.2) is 0 Å². The number of hydrogen-bond acceptors (Lipinski definition) is 3. The second-order valence-corrected chi connectivity index (χ2v) is 3.59. The van der Waals surface area contributed by atoms with Crippen molar-refractivity contribution in [2.45, 2.75) is 20.0 Å². The Hall–Kier alpha value is -0.590. The zero-order valence-electron chi connectivity index (χ0n) is 7.05. The highest BCUT2D eigenvalue weighted by atomic mass is 16.5. The molecule has 0 radical (unpaired) electrons. The average Bonchev–Trinajstić information content (AvgIpc) is 1.84. The summed E-state index contributed by atoms with van der Waals surface area (Å²) in [7, 11) is 0. The normalized spacial score (nSPS) is 19.0. The molecule has 1 aliphatic rings. The molecule has 11 heavy (non-hydrogen) atoms. The summed E-state index contributed by atoms with van der Waals surface area (Å²) in [5, 5.41) is 11.8. The number of nitriles is 1. The van der Waals surface area contributed by atoms with Crippen molar-refractivity contribution in [3.05, 3.63) is 0 Å². The minimum atomic E-state index is -0.338. The highest BCUT2D eigenvalue weighted by molar-refractivity contribution is 4.92. The van der Waals surface area contributed by atoms with Gasteiger partial charge in [0, 0.05) is 13.1 Å². The molecule has 0 unspecified atom stereocenters. The van der Waals surface area contributed by atoms with Crippen molar-refractivity contribution >= 4 is 0 Å². The molecule has 62 valence electrons. The molecular formula is C8H14N2O. The molecule has 1 saturated heterocycles. The molecule has 0 bridgehead atoms. The van der Waals surface area contributed by atoms with E-state index in [4.69, 9.17) is 10.00 Å². The molecule has 3 nitrogen and oxygen atoms in total. The van der Waals surface area contributed by atoms with E-state index in [1.54, 1.807) is 0 Å². The van der Waals surface area contributed by atoms with Gasteiger partial charge < -0.3 is 10.1 Å². The van der Waals surface area contributed by atoms with Crippen LogP contribution >= 0.6 is 0 Å². The van der Waals surface area contributed by atoms with Crippen LogP contribution in [-0.2, 0) is 4.74 Å². The van der Waals surface area contributed by atoms with Crippen LogP contribution in [0.3, 0.4) is 0 Å². The van der Waals surface area contributed by atoms with E-state index in [1.807, 2.05) is 13.8 Å². The fraction of sp³-hybridized carbons (Fsp3) is 0.875. The molecule has 0 saturated carbocycles. The lowest BCUT2D eigenvalue weighted by Gasteiger charge is -2.29. The number of nitrogens with zero attached hydrogens (tertiary/aromatic N) is 1. The summed E-state index contributed by atoms with van der Waals surface area (Å²) >= 11 is 0. The molecule has 1 aliphatic heterocycles. The van der Waals surface area contributed by atoms with Crippen LogP contribution in [0.25, 0.3) is 0 Å². The summed E-state index contributed by atoms with van der Waals surface area (Å²) in [4.78, 5) is 0. The van der Waals surface area contributed by atoms with Crippen molar-refractivity contribution in [1.82, 2.24) is 5.32 Å². The molecule has 0 atom stereocenters. The van der Waals surface area contributed by atoms with E-state index in [-0.39, 0.29) is 5.41 Å². The van der Waals surface area contributed by atoms with E-state index in [2.05, 4.69) is 11.4 Å².